The highest BCUT2D eigenvalue weighted by Gasteiger charge is 2.33. The molecule has 0 unspecified atom stereocenters. The van der Waals surface area contributed by atoms with Gasteiger partial charge in [0.1, 0.15) is 18.0 Å². The van der Waals surface area contributed by atoms with Crippen LogP contribution in [0.2, 0.25) is 5.02 Å². The number of hydrogen-bond acceptors (Lipinski definition) is 10. The Hall–Kier alpha value is -5.76. The predicted molar refractivity (Wildman–Crippen MR) is 149 cm³/mol. The van der Waals surface area contributed by atoms with Crippen molar-refractivity contribution < 1.29 is 37.0 Å². The average molecular weight is 644 g/mol. The highest BCUT2D eigenvalue weighted by atomic mass is 35.5. The topological polar surface area (TPSA) is 177 Å². The molecular formula is C27H21ClF3N9O5. The Morgan fingerprint density at radius 1 is 1.13 bits per heavy atom. The van der Waals surface area contributed by atoms with Gasteiger partial charge in [-0.15, -0.1) is 10.2 Å². The van der Waals surface area contributed by atoms with Gasteiger partial charge < -0.3 is 14.8 Å². The summed E-state index contributed by atoms with van der Waals surface area (Å²) in [6.07, 6.45) is -4.15. The quantitative estimate of drug-likeness (QED) is 0.279. The summed E-state index contributed by atoms with van der Waals surface area (Å²) in [6, 6.07) is 10.6. The van der Waals surface area contributed by atoms with Crippen molar-refractivity contribution in [3.8, 4) is 17.8 Å². The first kappa shape index (κ1) is 32.2. The molecule has 3 heterocycles. The number of hydrazine groups is 1. The van der Waals surface area contributed by atoms with Crippen molar-refractivity contribution >= 4 is 35.2 Å². The molecule has 4 rings (SSSR count). The molecule has 0 aliphatic rings. The summed E-state index contributed by atoms with van der Waals surface area (Å²) in [4.78, 5) is 42.8. The Balaban J connectivity index is 1.68. The zero-order valence-corrected chi connectivity index (χ0v) is 24.3. The van der Waals surface area contributed by atoms with Crippen LogP contribution in [0.25, 0.3) is 5.82 Å². The fourth-order valence-corrected chi connectivity index (χ4v) is 4.02. The fourth-order valence-electron chi connectivity index (χ4n) is 3.82. The van der Waals surface area contributed by atoms with Crippen LogP contribution in [0, 0.1) is 18.3 Å². The number of nitrogens with zero attached hydrogens (tertiary/aromatic N) is 7. The molecule has 0 atom stereocenters. The Kier molecular flexibility index (Phi) is 9.48. The molecule has 4 aromatic rings. The van der Waals surface area contributed by atoms with E-state index in [4.69, 9.17) is 16.3 Å². The van der Waals surface area contributed by atoms with Crippen LogP contribution < -0.4 is 15.5 Å². The number of alkyl halides is 3. The summed E-state index contributed by atoms with van der Waals surface area (Å²) >= 11 is 6.32. The normalized spacial score (nSPS) is 10.9. The number of halogens is 4. The van der Waals surface area contributed by atoms with Gasteiger partial charge in [-0.3, -0.25) is 15.0 Å². The maximum absolute atomic E-state index is 13.7. The molecule has 0 bridgehead atoms. The molecule has 0 saturated heterocycles. The van der Waals surface area contributed by atoms with E-state index in [0.717, 1.165) is 22.9 Å². The van der Waals surface area contributed by atoms with E-state index in [1.807, 2.05) is 6.07 Å². The van der Waals surface area contributed by atoms with Gasteiger partial charge in [0.2, 0.25) is 5.88 Å². The van der Waals surface area contributed by atoms with E-state index in [2.05, 4.69) is 35.8 Å². The molecule has 0 aliphatic carbocycles. The van der Waals surface area contributed by atoms with Gasteiger partial charge in [-0.25, -0.2) is 19.5 Å². The molecule has 0 aliphatic heterocycles. The maximum atomic E-state index is 13.7. The second kappa shape index (κ2) is 13.3. The number of amides is 3. The number of methoxy groups -OCH3 is 1. The molecule has 18 heteroatoms. The number of nitrogens with one attached hydrogen (secondary N) is 2. The number of rotatable bonds is 7. The Labute approximate surface area is 257 Å². The first-order valence-corrected chi connectivity index (χ1v) is 12.9. The lowest BCUT2D eigenvalue weighted by atomic mass is 10.0. The lowest BCUT2D eigenvalue weighted by Crippen LogP contribution is -2.43. The average Bonchev–Trinajstić information content (AvgIpc) is 3.44. The SMILES string of the molecule is COC(=O)N(C)NC(=O)c1cc(C#N)cc(C)c1NC(=O)c1cc(COc2ccc(C(F)(F)F)nn2)nn1-c1ncccc1Cl. The summed E-state index contributed by atoms with van der Waals surface area (Å²) in [5.74, 6) is -1.82. The van der Waals surface area contributed by atoms with Gasteiger partial charge in [-0.05, 0) is 48.9 Å². The first-order valence-electron chi connectivity index (χ1n) is 12.5. The van der Waals surface area contributed by atoms with Crippen molar-refractivity contribution in [2.75, 3.05) is 19.5 Å². The van der Waals surface area contributed by atoms with Gasteiger partial charge in [0.15, 0.2) is 11.5 Å². The van der Waals surface area contributed by atoms with E-state index in [0.29, 0.717) is 11.6 Å². The number of hydrogen-bond donors (Lipinski definition) is 2. The zero-order chi connectivity index (χ0) is 32.9. The van der Waals surface area contributed by atoms with Crippen LogP contribution in [-0.2, 0) is 17.5 Å². The number of benzene rings is 1. The van der Waals surface area contributed by atoms with E-state index < -0.39 is 29.8 Å². The Bertz CT molecular complexity index is 1810. The van der Waals surface area contributed by atoms with E-state index >= 15 is 0 Å². The second-order valence-electron chi connectivity index (χ2n) is 9.04. The van der Waals surface area contributed by atoms with E-state index in [1.54, 1.807) is 13.0 Å². The highest BCUT2D eigenvalue weighted by molar-refractivity contribution is 6.32. The molecule has 0 radical (unpaired) electrons. The van der Waals surface area contributed by atoms with Gasteiger partial charge in [-0.2, -0.15) is 23.5 Å². The molecule has 3 aromatic heterocycles. The zero-order valence-electron chi connectivity index (χ0n) is 23.5. The third-order valence-electron chi connectivity index (χ3n) is 5.90. The third kappa shape index (κ3) is 7.43. The molecule has 0 spiro atoms. The van der Waals surface area contributed by atoms with Crippen LogP contribution in [0.5, 0.6) is 5.88 Å². The molecule has 3 amide bonds. The van der Waals surface area contributed by atoms with Crippen molar-refractivity contribution in [3.63, 3.8) is 0 Å². The minimum atomic E-state index is -4.68. The van der Waals surface area contributed by atoms with Gasteiger partial charge >= 0.3 is 12.3 Å². The van der Waals surface area contributed by atoms with Gasteiger partial charge in [-0.1, -0.05) is 11.6 Å². The molecular weight excluding hydrogens is 623 g/mol. The summed E-state index contributed by atoms with van der Waals surface area (Å²) in [7, 11) is 2.35. The predicted octanol–water partition coefficient (Wildman–Crippen LogP) is 4.08. The Morgan fingerprint density at radius 2 is 1.89 bits per heavy atom. The first-order chi connectivity index (χ1) is 21.3. The fraction of sp³-hybridized carbons (Fsp3) is 0.185. The maximum Gasteiger partial charge on any atom is 0.435 e. The third-order valence-corrected chi connectivity index (χ3v) is 6.19. The van der Waals surface area contributed by atoms with Crippen LogP contribution in [0.3, 0.4) is 0 Å². The van der Waals surface area contributed by atoms with Crippen molar-refractivity contribution in [3.05, 3.63) is 87.5 Å². The number of anilines is 1. The number of carbonyl (C=O) groups excluding carboxylic acids is 3. The van der Waals surface area contributed by atoms with Crippen LogP contribution in [-0.4, -0.2) is 62.0 Å². The number of ether oxygens (including phenoxy) is 2. The van der Waals surface area contributed by atoms with Gasteiger partial charge in [0.25, 0.3) is 11.8 Å². The van der Waals surface area contributed by atoms with Crippen molar-refractivity contribution in [2.24, 2.45) is 0 Å². The lowest BCUT2D eigenvalue weighted by molar-refractivity contribution is -0.141. The van der Waals surface area contributed by atoms with Gasteiger partial charge in [0.05, 0.1) is 35.0 Å². The molecule has 2 N–H and O–H groups in total. The number of aryl methyl sites for hydroxylation is 1. The monoisotopic (exact) mass is 643 g/mol. The minimum Gasteiger partial charge on any atom is -0.470 e. The summed E-state index contributed by atoms with van der Waals surface area (Å²) in [6.45, 7) is 1.20. The summed E-state index contributed by atoms with van der Waals surface area (Å²) in [5, 5.41) is 23.8. The smallest absolute Gasteiger partial charge is 0.435 e. The van der Waals surface area contributed by atoms with Crippen LogP contribution in [0.15, 0.2) is 48.7 Å². The van der Waals surface area contributed by atoms with Crippen LogP contribution in [0.1, 0.15) is 43.4 Å². The molecule has 45 heavy (non-hydrogen) atoms. The highest BCUT2D eigenvalue weighted by Crippen LogP contribution is 2.28. The van der Waals surface area contributed by atoms with Crippen LogP contribution in [0.4, 0.5) is 23.7 Å². The van der Waals surface area contributed by atoms with E-state index in [-0.39, 0.29) is 51.5 Å². The van der Waals surface area contributed by atoms with Crippen molar-refractivity contribution in [2.45, 2.75) is 19.7 Å². The van der Waals surface area contributed by atoms with Crippen LogP contribution >= 0.6 is 11.6 Å². The molecule has 0 fully saturated rings. The lowest BCUT2D eigenvalue weighted by Gasteiger charge is -2.19. The molecule has 14 nitrogen and oxygen atoms in total. The summed E-state index contributed by atoms with van der Waals surface area (Å²) in [5.41, 5.74) is 1.38. The minimum absolute atomic E-state index is 0.00691. The number of carbonyl (C=O) groups is 3. The number of aromatic nitrogens is 5. The molecule has 0 saturated carbocycles. The number of nitriles is 1. The van der Waals surface area contributed by atoms with E-state index in [9.17, 15) is 32.8 Å². The standard InChI is InChI=1S/C27H21ClF3N9O5/c1-14-9-15(12-32)10-17(24(41)38-39(2)26(43)44-3)22(14)34-25(42)19-11-16(37-40(19)23-18(28)5-4-8-33-23)13-45-21-7-6-20(35-36-21)27(29,30)31/h4-11H,13H2,1-3H3,(H,34,42)(H,38,41). The Morgan fingerprint density at radius 3 is 2.51 bits per heavy atom. The number of pyridine rings is 1. The van der Waals surface area contributed by atoms with E-state index in [1.165, 1.54) is 37.5 Å². The van der Waals surface area contributed by atoms with Gasteiger partial charge in [0, 0.05) is 19.3 Å². The largest absolute Gasteiger partial charge is 0.470 e. The summed E-state index contributed by atoms with van der Waals surface area (Å²) < 4.78 is 49.5. The molecule has 232 valence electrons. The van der Waals surface area contributed by atoms with Crippen molar-refractivity contribution in [1.82, 2.24) is 35.4 Å². The van der Waals surface area contributed by atoms with Crippen molar-refractivity contribution in [1.29, 1.82) is 5.26 Å². The molecule has 1 aromatic carbocycles. The second-order valence-corrected chi connectivity index (χ2v) is 9.44.